The molecule has 0 amide bonds. The number of nitrogen functional groups attached to an aromatic ring is 2. The van der Waals surface area contributed by atoms with Crippen LogP contribution in [0.3, 0.4) is 0 Å². The summed E-state index contributed by atoms with van der Waals surface area (Å²) in [6.07, 6.45) is -1.08. The standard InChI is InChI=1S/C24H44N7O5Si/c1-19(2,3)14(32)15-22(33,20(4,5)6)23(34,21(7,8)9)24(35-15,36-37(10)11)31-12-27-13-16(25)28-18(30-26)29-17(13)31/h12,14-15,32-34H,26H2,1-11H3,(H3,25,28,29,30)/t14?,15-,22+,23-,24+/m1/s1. The molecule has 5 atom stereocenters. The van der Waals surface area contributed by atoms with Gasteiger partial charge in [-0.2, -0.15) is 9.97 Å². The molecule has 209 valence electrons. The van der Waals surface area contributed by atoms with Crippen LogP contribution in [0.15, 0.2) is 6.33 Å². The van der Waals surface area contributed by atoms with Gasteiger partial charge in [0, 0.05) is 5.41 Å². The summed E-state index contributed by atoms with van der Waals surface area (Å²) in [6.45, 7) is 20.1. The molecule has 13 heteroatoms. The van der Waals surface area contributed by atoms with Crippen molar-refractivity contribution in [1.82, 2.24) is 19.5 Å². The summed E-state index contributed by atoms with van der Waals surface area (Å²) in [5.41, 5.74) is 1.97. The van der Waals surface area contributed by atoms with Crippen LogP contribution in [0.1, 0.15) is 62.3 Å². The Balaban J connectivity index is 2.56. The molecule has 0 spiro atoms. The molecule has 0 aliphatic carbocycles. The van der Waals surface area contributed by atoms with E-state index in [1.807, 2.05) is 33.9 Å². The molecule has 1 aliphatic heterocycles. The third kappa shape index (κ3) is 4.06. The predicted octanol–water partition coefficient (Wildman–Crippen LogP) is 1.93. The maximum absolute atomic E-state index is 13.1. The molecule has 3 heterocycles. The fourth-order valence-corrected chi connectivity index (χ4v) is 6.26. The van der Waals surface area contributed by atoms with Crippen LogP contribution >= 0.6 is 0 Å². The third-order valence-corrected chi connectivity index (χ3v) is 8.01. The molecule has 1 radical (unpaired) electrons. The van der Waals surface area contributed by atoms with Gasteiger partial charge in [0.1, 0.15) is 18.0 Å². The highest BCUT2D eigenvalue weighted by molar-refractivity contribution is 6.48. The van der Waals surface area contributed by atoms with Crippen molar-refractivity contribution in [2.75, 3.05) is 11.2 Å². The number of anilines is 2. The third-order valence-electron chi connectivity index (χ3n) is 7.32. The van der Waals surface area contributed by atoms with Gasteiger partial charge in [-0.15, -0.1) is 0 Å². The zero-order valence-corrected chi connectivity index (χ0v) is 24.8. The number of rotatable bonds is 5. The first-order valence-corrected chi connectivity index (χ1v) is 14.8. The highest BCUT2D eigenvalue weighted by Gasteiger charge is 2.83. The first kappa shape index (κ1) is 29.7. The van der Waals surface area contributed by atoms with Gasteiger partial charge in [-0.25, -0.2) is 10.8 Å². The first-order valence-electron chi connectivity index (χ1n) is 12.4. The number of nitrogens with one attached hydrogen (secondary N) is 1. The number of imidazole rings is 1. The van der Waals surface area contributed by atoms with E-state index in [-0.39, 0.29) is 22.9 Å². The number of nitrogens with two attached hydrogens (primary N) is 2. The summed E-state index contributed by atoms with van der Waals surface area (Å²) in [4.78, 5) is 13.0. The van der Waals surface area contributed by atoms with E-state index >= 15 is 0 Å². The lowest BCUT2D eigenvalue weighted by molar-refractivity contribution is -0.348. The van der Waals surface area contributed by atoms with Gasteiger partial charge < -0.3 is 30.2 Å². The van der Waals surface area contributed by atoms with Gasteiger partial charge in [-0.1, -0.05) is 62.3 Å². The van der Waals surface area contributed by atoms with Gasteiger partial charge in [0.15, 0.2) is 22.6 Å². The second kappa shape index (κ2) is 8.83. The van der Waals surface area contributed by atoms with E-state index < -0.39 is 54.6 Å². The Morgan fingerprint density at radius 1 is 1.08 bits per heavy atom. The van der Waals surface area contributed by atoms with Crippen molar-refractivity contribution in [3.05, 3.63) is 6.33 Å². The summed E-state index contributed by atoms with van der Waals surface area (Å²) in [7, 11) is -1.64. The summed E-state index contributed by atoms with van der Waals surface area (Å²) in [5.74, 6) is 3.60. The number of nitrogens with zero attached hydrogens (tertiary/aromatic N) is 4. The Labute approximate surface area is 220 Å². The summed E-state index contributed by atoms with van der Waals surface area (Å²) >= 11 is 0. The Hall–Kier alpha value is -1.87. The zero-order valence-electron chi connectivity index (χ0n) is 23.8. The van der Waals surface area contributed by atoms with Crippen molar-refractivity contribution in [3.8, 4) is 0 Å². The maximum atomic E-state index is 13.1. The van der Waals surface area contributed by atoms with Crippen LogP contribution in [0.25, 0.3) is 11.2 Å². The number of hydrazine groups is 1. The fraction of sp³-hybridized carbons (Fsp3) is 0.792. The van der Waals surface area contributed by atoms with E-state index in [0.29, 0.717) is 0 Å². The summed E-state index contributed by atoms with van der Waals surface area (Å²) in [6, 6.07) is 0. The van der Waals surface area contributed by atoms with Gasteiger partial charge in [0.05, 0.1) is 6.10 Å². The number of ether oxygens (including phenoxy) is 1. The van der Waals surface area contributed by atoms with E-state index in [1.54, 1.807) is 41.5 Å². The predicted molar refractivity (Wildman–Crippen MR) is 143 cm³/mol. The summed E-state index contributed by atoms with van der Waals surface area (Å²) < 4.78 is 14.8. The van der Waals surface area contributed by atoms with Crippen molar-refractivity contribution < 1.29 is 24.5 Å². The van der Waals surface area contributed by atoms with Crippen LogP contribution in [0, 0.1) is 16.2 Å². The SMILES string of the molecule is C[Si](C)O[C@@]1(n2cnc3c(N)nc(NN)nc32)O[C@H](C(O)C(C)(C)C)[C@](O)(C(C)(C)C)[C@]1(O)C(C)(C)C. The minimum atomic E-state index is -2.16. The second-order valence-corrected chi connectivity index (χ2v) is 15.3. The van der Waals surface area contributed by atoms with E-state index in [9.17, 15) is 15.3 Å². The Kier molecular flexibility index (Phi) is 7.08. The van der Waals surface area contributed by atoms with Crippen LogP contribution in [0.5, 0.6) is 0 Å². The minimum Gasteiger partial charge on any atom is -0.390 e. The van der Waals surface area contributed by atoms with Gasteiger partial charge in [0.25, 0.3) is 5.91 Å². The van der Waals surface area contributed by atoms with Crippen molar-refractivity contribution in [1.29, 1.82) is 0 Å². The van der Waals surface area contributed by atoms with E-state index in [1.165, 1.54) is 10.9 Å². The van der Waals surface area contributed by atoms with E-state index in [0.717, 1.165) is 0 Å². The number of aliphatic hydroxyl groups is 3. The molecule has 37 heavy (non-hydrogen) atoms. The highest BCUT2D eigenvalue weighted by Crippen LogP contribution is 2.64. The molecule has 0 saturated carbocycles. The van der Waals surface area contributed by atoms with Crippen LogP contribution in [0.4, 0.5) is 11.8 Å². The van der Waals surface area contributed by atoms with Crippen molar-refractivity contribution in [2.45, 2.75) is 105 Å². The largest absolute Gasteiger partial charge is 0.390 e. The normalized spacial score (nSPS) is 30.3. The van der Waals surface area contributed by atoms with Gasteiger partial charge in [0.2, 0.25) is 15.0 Å². The monoisotopic (exact) mass is 538 g/mol. The molecule has 1 aliphatic rings. The zero-order chi connectivity index (χ0) is 28.6. The number of aromatic nitrogens is 4. The molecule has 0 bridgehead atoms. The molecule has 1 saturated heterocycles. The lowest BCUT2D eigenvalue weighted by Crippen LogP contribution is -2.76. The molecular weight excluding hydrogens is 494 g/mol. The molecule has 0 aromatic carbocycles. The van der Waals surface area contributed by atoms with Crippen LogP contribution < -0.4 is 17.0 Å². The summed E-state index contributed by atoms with van der Waals surface area (Å²) in [5, 5.41) is 37.6. The van der Waals surface area contributed by atoms with Crippen molar-refractivity contribution in [3.63, 3.8) is 0 Å². The number of aliphatic hydroxyl groups excluding tert-OH is 1. The molecule has 1 unspecified atom stereocenters. The van der Waals surface area contributed by atoms with Gasteiger partial charge >= 0.3 is 0 Å². The van der Waals surface area contributed by atoms with Crippen LogP contribution in [-0.2, 0) is 15.1 Å². The van der Waals surface area contributed by atoms with E-state index in [4.69, 9.17) is 20.7 Å². The van der Waals surface area contributed by atoms with Gasteiger partial charge in [-0.05, 0) is 23.9 Å². The first-order chi connectivity index (χ1) is 16.6. The number of hydrogen-bond donors (Lipinski definition) is 6. The molecule has 1 fully saturated rings. The minimum absolute atomic E-state index is 0.0232. The van der Waals surface area contributed by atoms with Crippen LogP contribution in [0.2, 0.25) is 13.1 Å². The average Bonchev–Trinajstić information content (AvgIpc) is 3.25. The molecule has 3 rings (SSSR count). The van der Waals surface area contributed by atoms with Crippen molar-refractivity contribution in [2.24, 2.45) is 22.1 Å². The Morgan fingerprint density at radius 3 is 2.08 bits per heavy atom. The Morgan fingerprint density at radius 2 is 1.65 bits per heavy atom. The lowest BCUT2D eigenvalue weighted by atomic mass is 9.54. The molecule has 2 aromatic rings. The van der Waals surface area contributed by atoms with E-state index in [2.05, 4.69) is 20.4 Å². The smallest absolute Gasteiger partial charge is 0.283 e. The quantitative estimate of drug-likeness (QED) is 0.185. The topological polar surface area (TPSA) is 187 Å². The van der Waals surface area contributed by atoms with Gasteiger partial charge in [-0.3, -0.25) is 9.99 Å². The second-order valence-electron chi connectivity index (χ2n) is 13.3. The molecule has 12 nitrogen and oxygen atoms in total. The maximum Gasteiger partial charge on any atom is 0.283 e. The average molecular weight is 539 g/mol. The molecular formula is C24H44N7O5Si. The number of hydrogen-bond acceptors (Lipinski definition) is 11. The highest BCUT2D eigenvalue weighted by atomic mass is 28.3. The molecule has 2 aromatic heterocycles. The van der Waals surface area contributed by atoms with Crippen LogP contribution in [-0.4, -0.2) is 67.3 Å². The fourth-order valence-electron chi connectivity index (χ4n) is 5.41. The lowest BCUT2D eigenvalue weighted by Gasteiger charge is -2.57. The number of fused-ring (bicyclic) bond motifs is 1. The Bertz CT molecular complexity index is 1160. The molecule has 8 N–H and O–H groups in total. The van der Waals surface area contributed by atoms with Crippen molar-refractivity contribution >= 4 is 32.0 Å².